The van der Waals surface area contributed by atoms with Gasteiger partial charge in [0.05, 0.1) is 18.5 Å². The molecule has 0 aromatic rings. The molecule has 0 spiro atoms. The minimum Gasteiger partial charge on any atom is -0.356 e. The molecule has 0 aromatic carbocycles. The van der Waals surface area contributed by atoms with E-state index in [1.807, 2.05) is 11.8 Å². The van der Waals surface area contributed by atoms with Crippen LogP contribution in [-0.4, -0.2) is 112 Å². The second kappa shape index (κ2) is 14.0. The molecule has 36 heavy (non-hydrogen) atoms. The Kier molecular flexibility index (Phi) is 12.0. The van der Waals surface area contributed by atoms with Crippen LogP contribution < -0.4 is 16.0 Å². The van der Waals surface area contributed by atoms with Gasteiger partial charge < -0.3 is 20.8 Å². The van der Waals surface area contributed by atoms with E-state index in [1.165, 1.54) is 0 Å². The number of amides is 5. The molecule has 3 heterocycles. The molecule has 197 valence electrons. The molecule has 0 saturated carbocycles. The summed E-state index contributed by atoms with van der Waals surface area (Å²) in [7, 11) is -4.76. The molecule has 4 unspecified atom stereocenters. The summed E-state index contributed by atoms with van der Waals surface area (Å²) in [6.07, 6.45) is 3.76. The van der Waals surface area contributed by atoms with E-state index in [0.717, 1.165) is 25.0 Å². The topological polar surface area (TPSA) is 188 Å². The van der Waals surface area contributed by atoms with Gasteiger partial charge in [-0.05, 0) is 25.7 Å². The molecule has 3 fully saturated rings. The Hall–Kier alpha value is -1.39. The maximum absolute atomic E-state index is 12.0. The third-order valence-electron chi connectivity index (χ3n) is 6.08. The van der Waals surface area contributed by atoms with E-state index >= 15 is 0 Å². The summed E-state index contributed by atoms with van der Waals surface area (Å²) in [6, 6.07) is 0.265. The molecule has 0 aromatic heterocycles. The minimum absolute atomic E-state index is 0. The summed E-state index contributed by atoms with van der Waals surface area (Å²) in [5.74, 6) is -2.30. The molecule has 5 amide bonds. The van der Waals surface area contributed by atoms with Crippen molar-refractivity contribution in [2.45, 2.75) is 80.4 Å². The first-order valence-corrected chi connectivity index (χ1v) is 14.1. The number of imide groups is 1. The SMILES string of the molecule is O=C(CCCCC1SCC2NC(=O)NC21)NCCCCCC(=O)ON1C(=O)CC(S(=O)(=O)O)C1=O.[Na]. The van der Waals surface area contributed by atoms with Crippen molar-refractivity contribution in [3.63, 3.8) is 0 Å². The van der Waals surface area contributed by atoms with Crippen LogP contribution >= 0.6 is 11.8 Å². The molecule has 0 bridgehead atoms. The standard InChI is InChI=1S/C20H30N4O9S2.Na/c25-15(7-4-3-6-13-18-12(11-34-13)22-20(29)23-18)21-9-5-1-2-8-17(27)33-24-16(26)10-14(19(24)28)35(30,31)32;/h12-14,18H,1-11H2,(H,21,25)(H2,22,23,29)(H,30,31,32);. The number of hydrogen-bond donors (Lipinski definition) is 4. The molecule has 4 atom stereocenters. The predicted molar refractivity (Wildman–Crippen MR) is 129 cm³/mol. The molecule has 4 N–H and O–H groups in total. The van der Waals surface area contributed by atoms with Crippen LogP contribution in [0.1, 0.15) is 57.8 Å². The van der Waals surface area contributed by atoms with Gasteiger partial charge in [0.2, 0.25) is 5.91 Å². The Morgan fingerprint density at radius 2 is 1.81 bits per heavy atom. The van der Waals surface area contributed by atoms with Crippen molar-refractivity contribution in [1.82, 2.24) is 21.0 Å². The maximum Gasteiger partial charge on any atom is 0.333 e. The summed E-state index contributed by atoms with van der Waals surface area (Å²) in [5, 5.41) is 7.20. The molecule has 1 radical (unpaired) electrons. The zero-order chi connectivity index (χ0) is 25.6. The molecular weight excluding hydrogens is 527 g/mol. The average Bonchev–Trinajstić information content (AvgIpc) is 3.41. The van der Waals surface area contributed by atoms with Crippen molar-refractivity contribution < 1.29 is 41.8 Å². The summed E-state index contributed by atoms with van der Waals surface area (Å²) in [5.41, 5.74) is 0. The van der Waals surface area contributed by atoms with Crippen molar-refractivity contribution in [2.75, 3.05) is 12.3 Å². The van der Waals surface area contributed by atoms with E-state index in [9.17, 15) is 32.4 Å². The van der Waals surface area contributed by atoms with Crippen LogP contribution in [0.2, 0.25) is 0 Å². The van der Waals surface area contributed by atoms with Crippen LogP contribution in [0, 0.1) is 0 Å². The number of nitrogens with one attached hydrogen (secondary N) is 3. The number of carbonyl (C=O) groups is 5. The molecule has 3 rings (SSSR count). The number of unbranched alkanes of at least 4 members (excludes halogenated alkanes) is 3. The van der Waals surface area contributed by atoms with Crippen molar-refractivity contribution >= 4 is 81.2 Å². The Morgan fingerprint density at radius 3 is 2.50 bits per heavy atom. The van der Waals surface area contributed by atoms with Gasteiger partial charge in [0.25, 0.3) is 21.9 Å². The Bertz CT molecular complexity index is 965. The first-order valence-electron chi connectivity index (χ1n) is 11.6. The van der Waals surface area contributed by atoms with Gasteiger partial charge in [-0.1, -0.05) is 12.8 Å². The third kappa shape index (κ3) is 8.58. The van der Waals surface area contributed by atoms with E-state index in [1.54, 1.807) is 0 Å². The number of fused-ring (bicyclic) bond motifs is 1. The maximum atomic E-state index is 12.0. The van der Waals surface area contributed by atoms with Gasteiger partial charge in [-0.3, -0.25) is 18.9 Å². The van der Waals surface area contributed by atoms with Crippen molar-refractivity contribution in [3.8, 4) is 0 Å². The number of hydrogen-bond acceptors (Lipinski definition) is 9. The van der Waals surface area contributed by atoms with Gasteiger partial charge in [0.15, 0.2) is 5.25 Å². The van der Waals surface area contributed by atoms with Crippen molar-refractivity contribution in [2.24, 2.45) is 0 Å². The van der Waals surface area contributed by atoms with Gasteiger partial charge in [-0.15, -0.1) is 5.06 Å². The van der Waals surface area contributed by atoms with E-state index in [2.05, 4.69) is 20.8 Å². The fourth-order valence-corrected chi connectivity index (χ4v) is 6.47. The van der Waals surface area contributed by atoms with Crippen LogP contribution in [0.15, 0.2) is 0 Å². The van der Waals surface area contributed by atoms with E-state index in [-0.39, 0.29) is 65.1 Å². The number of nitrogens with zero attached hydrogens (tertiary/aromatic N) is 1. The molecule has 16 heteroatoms. The van der Waals surface area contributed by atoms with Crippen molar-refractivity contribution in [1.29, 1.82) is 0 Å². The van der Waals surface area contributed by atoms with Crippen molar-refractivity contribution in [3.05, 3.63) is 0 Å². The van der Waals surface area contributed by atoms with E-state index < -0.39 is 39.6 Å². The summed E-state index contributed by atoms with van der Waals surface area (Å²) in [6.45, 7) is 0.451. The fraction of sp³-hybridized carbons (Fsp3) is 0.750. The normalized spacial score (nSPS) is 25.1. The molecule has 3 aliphatic rings. The monoisotopic (exact) mass is 557 g/mol. The second-order valence-electron chi connectivity index (χ2n) is 8.73. The first-order chi connectivity index (χ1) is 16.6. The van der Waals surface area contributed by atoms with Crippen LogP contribution in [-0.2, 0) is 34.1 Å². The van der Waals surface area contributed by atoms with Crippen LogP contribution in [0.4, 0.5) is 4.79 Å². The minimum atomic E-state index is -4.76. The molecule has 3 saturated heterocycles. The van der Waals surface area contributed by atoms with Gasteiger partial charge in [0.1, 0.15) is 0 Å². The molecule has 0 aliphatic carbocycles. The number of thioether (sulfide) groups is 1. The Morgan fingerprint density at radius 1 is 1.08 bits per heavy atom. The van der Waals surface area contributed by atoms with Gasteiger partial charge in [-0.2, -0.15) is 20.2 Å². The smallest absolute Gasteiger partial charge is 0.333 e. The number of urea groups is 1. The molecule has 3 aliphatic heterocycles. The quantitative estimate of drug-likeness (QED) is 0.0754. The molecular formula is C20H30N4NaO9S2. The van der Waals surface area contributed by atoms with Crippen LogP contribution in [0.25, 0.3) is 0 Å². The first kappa shape index (κ1) is 30.8. The zero-order valence-corrected chi connectivity index (χ0v) is 23.7. The van der Waals surface area contributed by atoms with E-state index in [4.69, 9.17) is 4.55 Å². The third-order valence-corrected chi connectivity index (χ3v) is 8.67. The Labute approximate surface area is 235 Å². The van der Waals surface area contributed by atoms with Crippen LogP contribution in [0.5, 0.6) is 0 Å². The summed E-state index contributed by atoms with van der Waals surface area (Å²) < 4.78 is 31.1. The van der Waals surface area contributed by atoms with Gasteiger partial charge in [-0.25, -0.2) is 9.59 Å². The average molecular weight is 558 g/mol. The number of carbonyl (C=O) groups excluding carboxylic acids is 5. The van der Waals surface area contributed by atoms with Gasteiger partial charge >= 0.3 is 12.0 Å². The van der Waals surface area contributed by atoms with Gasteiger partial charge in [0, 0.05) is 59.9 Å². The molecule has 13 nitrogen and oxygen atoms in total. The fourth-order valence-electron chi connectivity index (χ4n) is 4.22. The predicted octanol–water partition coefficient (Wildman–Crippen LogP) is -0.518. The Balaban J connectivity index is 0.00000456. The summed E-state index contributed by atoms with van der Waals surface area (Å²) >= 11 is 1.85. The largest absolute Gasteiger partial charge is 0.356 e. The second-order valence-corrected chi connectivity index (χ2v) is 11.6. The summed E-state index contributed by atoms with van der Waals surface area (Å²) in [4.78, 5) is 63.3. The number of rotatable bonds is 13. The van der Waals surface area contributed by atoms with E-state index in [0.29, 0.717) is 37.5 Å². The zero-order valence-electron chi connectivity index (χ0n) is 20.1. The van der Waals surface area contributed by atoms with Crippen LogP contribution in [0.3, 0.4) is 0 Å². The number of hydroxylamine groups is 2.